The molecule has 0 fully saturated rings. The fourth-order valence-electron chi connectivity index (χ4n) is 2.09. The fraction of sp³-hybridized carbons (Fsp3) is 0.0526. The third-order valence-electron chi connectivity index (χ3n) is 3.20. The summed E-state index contributed by atoms with van der Waals surface area (Å²) in [7, 11) is 0. The number of rotatable bonds is 4. The van der Waals surface area contributed by atoms with Crippen LogP contribution >= 0.6 is 11.8 Å². The van der Waals surface area contributed by atoms with Gasteiger partial charge in [-0.05, 0) is 61.0 Å². The summed E-state index contributed by atoms with van der Waals surface area (Å²) < 4.78 is 5.79. The van der Waals surface area contributed by atoms with Crippen molar-refractivity contribution in [2.24, 2.45) is 0 Å². The molecule has 0 bridgehead atoms. The second-order valence-corrected chi connectivity index (χ2v) is 6.15. The molecule has 0 amide bonds. The minimum atomic E-state index is 0.814. The Balaban J connectivity index is 1.71. The van der Waals surface area contributed by atoms with Crippen LogP contribution in [0.15, 0.2) is 82.6 Å². The Hall–Kier alpha value is -2.39. The van der Waals surface area contributed by atoms with E-state index in [2.05, 4.69) is 12.1 Å². The first kappa shape index (κ1) is 14.5. The highest BCUT2D eigenvalue weighted by atomic mass is 32.2. The maximum Gasteiger partial charge on any atom is 0.127 e. The summed E-state index contributed by atoms with van der Waals surface area (Å²) in [5.74, 6) is 1.66. The highest BCUT2D eigenvalue weighted by molar-refractivity contribution is 7.99. The SMILES string of the molecule is Cc1ccc(Sc2ccc(Oc3ccccc3)cc2)c(N)c1. The van der Waals surface area contributed by atoms with Crippen molar-refractivity contribution in [2.75, 3.05) is 5.73 Å². The molecule has 0 aliphatic rings. The molecular formula is C19H17NOS. The van der Waals surface area contributed by atoms with Crippen molar-refractivity contribution in [3.63, 3.8) is 0 Å². The topological polar surface area (TPSA) is 35.2 Å². The van der Waals surface area contributed by atoms with Gasteiger partial charge in [0, 0.05) is 15.5 Å². The number of nitrogens with two attached hydrogens (primary N) is 1. The Kier molecular flexibility index (Phi) is 4.35. The Labute approximate surface area is 134 Å². The molecular weight excluding hydrogens is 290 g/mol. The zero-order valence-electron chi connectivity index (χ0n) is 12.3. The fourth-order valence-corrected chi connectivity index (χ4v) is 2.93. The van der Waals surface area contributed by atoms with Crippen molar-refractivity contribution in [3.8, 4) is 11.5 Å². The second kappa shape index (κ2) is 6.58. The Bertz CT molecular complexity index is 754. The van der Waals surface area contributed by atoms with E-state index in [1.54, 1.807) is 11.8 Å². The van der Waals surface area contributed by atoms with E-state index >= 15 is 0 Å². The van der Waals surface area contributed by atoms with Crippen molar-refractivity contribution in [1.82, 2.24) is 0 Å². The summed E-state index contributed by atoms with van der Waals surface area (Å²) >= 11 is 1.66. The van der Waals surface area contributed by atoms with Gasteiger partial charge in [0.25, 0.3) is 0 Å². The molecule has 0 saturated carbocycles. The van der Waals surface area contributed by atoms with E-state index in [-0.39, 0.29) is 0 Å². The van der Waals surface area contributed by atoms with Gasteiger partial charge < -0.3 is 10.5 Å². The molecule has 3 aromatic carbocycles. The van der Waals surface area contributed by atoms with Crippen LogP contribution in [-0.4, -0.2) is 0 Å². The maximum absolute atomic E-state index is 6.06. The lowest BCUT2D eigenvalue weighted by atomic mass is 10.2. The average Bonchev–Trinajstić information content (AvgIpc) is 2.53. The molecule has 0 saturated heterocycles. The lowest BCUT2D eigenvalue weighted by molar-refractivity contribution is 0.482. The number of benzene rings is 3. The van der Waals surface area contributed by atoms with Crippen LogP contribution < -0.4 is 10.5 Å². The third-order valence-corrected chi connectivity index (χ3v) is 4.30. The van der Waals surface area contributed by atoms with Crippen LogP contribution in [0.5, 0.6) is 11.5 Å². The summed E-state index contributed by atoms with van der Waals surface area (Å²) in [5.41, 5.74) is 8.04. The number of nitrogen functional groups attached to an aromatic ring is 1. The Morgan fingerprint density at radius 1 is 0.818 bits per heavy atom. The minimum absolute atomic E-state index is 0.814. The molecule has 3 aromatic rings. The molecule has 110 valence electrons. The molecule has 3 heteroatoms. The predicted octanol–water partition coefficient (Wildman–Crippen LogP) is 5.52. The number of para-hydroxylation sites is 1. The predicted molar refractivity (Wildman–Crippen MR) is 92.7 cm³/mol. The Morgan fingerprint density at radius 2 is 1.50 bits per heavy atom. The first-order chi connectivity index (χ1) is 10.7. The molecule has 0 heterocycles. The molecule has 0 aliphatic heterocycles. The highest BCUT2D eigenvalue weighted by Gasteiger charge is 2.03. The smallest absolute Gasteiger partial charge is 0.127 e. The molecule has 0 unspecified atom stereocenters. The summed E-state index contributed by atoms with van der Waals surface area (Å²) in [6.07, 6.45) is 0. The highest BCUT2D eigenvalue weighted by Crippen LogP contribution is 2.33. The number of anilines is 1. The largest absolute Gasteiger partial charge is 0.457 e. The number of hydrogen-bond donors (Lipinski definition) is 1. The minimum Gasteiger partial charge on any atom is -0.457 e. The van der Waals surface area contributed by atoms with E-state index in [4.69, 9.17) is 10.5 Å². The van der Waals surface area contributed by atoms with Gasteiger partial charge in [-0.2, -0.15) is 0 Å². The molecule has 22 heavy (non-hydrogen) atoms. The summed E-state index contributed by atoms with van der Waals surface area (Å²) in [4.78, 5) is 2.21. The van der Waals surface area contributed by atoms with E-state index in [1.807, 2.05) is 67.6 Å². The van der Waals surface area contributed by atoms with Crippen LogP contribution in [0.3, 0.4) is 0 Å². The van der Waals surface area contributed by atoms with Crippen LogP contribution in [-0.2, 0) is 0 Å². The van der Waals surface area contributed by atoms with Gasteiger partial charge in [-0.15, -0.1) is 0 Å². The summed E-state index contributed by atoms with van der Waals surface area (Å²) in [5, 5.41) is 0. The van der Waals surface area contributed by atoms with Crippen LogP contribution in [0.4, 0.5) is 5.69 Å². The van der Waals surface area contributed by atoms with Crippen LogP contribution in [0.1, 0.15) is 5.56 Å². The standard InChI is InChI=1S/C19H17NOS/c1-14-7-12-19(18(20)13-14)22-17-10-8-16(9-11-17)21-15-5-3-2-4-6-15/h2-13H,20H2,1H3. The number of aryl methyl sites for hydroxylation is 1. The lowest BCUT2D eigenvalue weighted by Crippen LogP contribution is -1.89. The summed E-state index contributed by atoms with van der Waals surface area (Å²) in [6.45, 7) is 2.04. The molecule has 0 aromatic heterocycles. The van der Waals surface area contributed by atoms with Gasteiger partial charge in [-0.3, -0.25) is 0 Å². The average molecular weight is 307 g/mol. The maximum atomic E-state index is 6.06. The first-order valence-electron chi connectivity index (χ1n) is 7.08. The zero-order valence-corrected chi connectivity index (χ0v) is 13.1. The summed E-state index contributed by atoms with van der Waals surface area (Å²) in [6, 6.07) is 23.9. The van der Waals surface area contributed by atoms with Crippen molar-refractivity contribution in [3.05, 3.63) is 78.4 Å². The quantitative estimate of drug-likeness (QED) is 0.644. The normalized spacial score (nSPS) is 10.4. The van der Waals surface area contributed by atoms with Gasteiger partial charge in [-0.25, -0.2) is 0 Å². The monoisotopic (exact) mass is 307 g/mol. The van der Waals surface area contributed by atoms with Gasteiger partial charge in [0.1, 0.15) is 11.5 Å². The van der Waals surface area contributed by atoms with Gasteiger partial charge in [-0.1, -0.05) is 36.0 Å². The molecule has 0 aliphatic carbocycles. The van der Waals surface area contributed by atoms with E-state index in [0.29, 0.717) is 0 Å². The van der Waals surface area contributed by atoms with E-state index in [9.17, 15) is 0 Å². The molecule has 0 radical (unpaired) electrons. The molecule has 0 atom stereocenters. The molecule has 3 rings (SSSR count). The molecule has 2 N–H and O–H groups in total. The van der Waals surface area contributed by atoms with Gasteiger partial charge in [0.05, 0.1) is 0 Å². The van der Waals surface area contributed by atoms with Crippen LogP contribution in [0.25, 0.3) is 0 Å². The van der Waals surface area contributed by atoms with Gasteiger partial charge in [0.15, 0.2) is 0 Å². The Morgan fingerprint density at radius 3 is 2.18 bits per heavy atom. The van der Waals surface area contributed by atoms with Crippen molar-refractivity contribution >= 4 is 17.4 Å². The van der Waals surface area contributed by atoms with Crippen LogP contribution in [0.2, 0.25) is 0 Å². The van der Waals surface area contributed by atoms with E-state index < -0.39 is 0 Å². The van der Waals surface area contributed by atoms with E-state index in [1.165, 1.54) is 5.56 Å². The number of ether oxygens (including phenoxy) is 1. The van der Waals surface area contributed by atoms with Crippen molar-refractivity contribution in [1.29, 1.82) is 0 Å². The number of hydrogen-bond acceptors (Lipinski definition) is 3. The van der Waals surface area contributed by atoms with Gasteiger partial charge in [0.2, 0.25) is 0 Å². The van der Waals surface area contributed by atoms with Gasteiger partial charge >= 0.3 is 0 Å². The lowest BCUT2D eigenvalue weighted by Gasteiger charge is -2.08. The van der Waals surface area contributed by atoms with Crippen molar-refractivity contribution in [2.45, 2.75) is 16.7 Å². The third kappa shape index (κ3) is 3.62. The second-order valence-electron chi connectivity index (χ2n) is 5.03. The zero-order chi connectivity index (χ0) is 15.4. The van der Waals surface area contributed by atoms with E-state index in [0.717, 1.165) is 27.0 Å². The molecule has 2 nitrogen and oxygen atoms in total. The van der Waals surface area contributed by atoms with Crippen LogP contribution in [0, 0.1) is 6.92 Å². The first-order valence-corrected chi connectivity index (χ1v) is 7.89. The molecule has 0 spiro atoms. The van der Waals surface area contributed by atoms with Crippen molar-refractivity contribution < 1.29 is 4.74 Å².